The number of likely N-dealkylation sites (tertiary alicyclic amines) is 1. The molecular formula is C23H22N4OS. The van der Waals surface area contributed by atoms with Crippen LogP contribution in [0.25, 0.3) is 21.3 Å². The van der Waals surface area contributed by atoms with Crippen LogP contribution in [-0.2, 0) is 7.05 Å². The van der Waals surface area contributed by atoms with E-state index in [-0.39, 0.29) is 11.9 Å². The molecule has 3 heterocycles. The highest BCUT2D eigenvalue weighted by Crippen LogP contribution is 2.36. The Morgan fingerprint density at radius 1 is 1.10 bits per heavy atom. The van der Waals surface area contributed by atoms with E-state index < -0.39 is 0 Å². The Balaban J connectivity index is 1.47. The molecule has 0 unspecified atom stereocenters. The van der Waals surface area contributed by atoms with E-state index in [1.165, 1.54) is 4.70 Å². The van der Waals surface area contributed by atoms with Crippen LogP contribution in [0.5, 0.6) is 0 Å². The highest BCUT2D eigenvalue weighted by atomic mass is 32.1. The number of nitrogens with zero attached hydrogens (tertiary/aromatic N) is 4. The van der Waals surface area contributed by atoms with Gasteiger partial charge < -0.3 is 4.90 Å². The smallest absolute Gasteiger partial charge is 0.254 e. The van der Waals surface area contributed by atoms with Crippen LogP contribution in [0.15, 0.2) is 60.9 Å². The molecule has 1 aliphatic rings. The third kappa shape index (κ3) is 3.44. The predicted octanol–water partition coefficient (Wildman–Crippen LogP) is 5.06. The summed E-state index contributed by atoms with van der Waals surface area (Å²) in [4.78, 5) is 20.3. The lowest BCUT2D eigenvalue weighted by Gasteiger charge is -2.34. The number of hydrogen-bond donors (Lipinski definition) is 0. The molecule has 1 aliphatic heterocycles. The predicted molar refractivity (Wildman–Crippen MR) is 116 cm³/mol. The maximum absolute atomic E-state index is 13.5. The Morgan fingerprint density at radius 2 is 2.00 bits per heavy atom. The van der Waals surface area contributed by atoms with Crippen molar-refractivity contribution in [1.29, 1.82) is 0 Å². The number of carbonyl (C=O) groups excluding carboxylic acids is 1. The summed E-state index contributed by atoms with van der Waals surface area (Å²) in [5.41, 5.74) is 3.77. The van der Waals surface area contributed by atoms with Crippen LogP contribution in [0, 0.1) is 0 Å². The maximum atomic E-state index is 13.5. The first-order valence-corrected chi connectivity index (χ1v) is 10.8. The standard InChI is InChI=1S/C23H22N4OS/c1-26-15-18(14-24-26)16-7-6-8-17(13-16)23(28)27-12-5-4-10-20(27)22-25-19-9-2-3-11-21(19)29-22/h2-3,6-9,11,13-15,20H,4-5,10,12H2,1H3/t20-/m1/s1. The van der Waals surface area contributed by atoms with E-state index >= 15 is 0 Å². The second kappa shape index (κ2) is 7.44. The first-order chi connectivity index (χ1) is 14.2. The van der Waals surface area contributed by atoms with E-state index in [9.17, 15) is 4.79 Å². The van der Waals surface area contributed by atoms with E-state index in [2.05, 4.69) is 11.2 Å². The third-order valence-electron chi connectivity index (χ3n) is 5.51. The Hall–Kier alpha value is -2.99. The SMILES string of the molecule is Cn1cc(-c2cccc(C(=O)N3CCCC[C@@H]3c3nc4ccccc4s3)c2)cn1. The molecule has 2 aromatic heterocycles. The Labute approximate surface area is 173 Å². The molecule has 5 nitrogen and oxygen atoms in total. The van der Waals surface area contributed by atoms with Crippen LogP contribution in [0.2, 0.25) is 0 Å². The van der Waals surface area contributed by atoms with Gasteiger partial charge in [-0.15, -0.1) is 11.3 Å². The summed E-state index contributed by atoms with van der Waals surface area (Å²) < 4.78 is 2.96. The lowest BCUT2D eigenvalue weighted by molar-refractivity contribution is 0.0611. The van der Waals surface area contributed by atoms with Crippen LogP contribution < -0.4 is 0 Å². The van der Waals surface area contributed by atoms with Gasteiger partial charge >= 0.3 is 0 Å². The van der Waals surface area contributed by atoms with Gasteiger partial charge in [-0.3, -0.25) is 9.48 Å². The van der Waals surface area contributed by atoms with Crippen molar-refractivity contribution in [2.24, 2.45) is 7.05 Å². The average molecular weight is 403 g/mol. The number of aromatic nitrogens is 3. The molecule has 0 N–H and O–H groups in total. The molecule has 1 fully saturated rings. The monoisotopic (exact) mass is 402 g/mol. The molecule has 0 aliphatic carbocycles. The van der Waals surface area contributed by atoms with E-state index in [4.69, 9.17) is 4.98 Å². The molecule has 2 aromatic carbocycles. The first-order valence-electron chi connectivity index (χ1n) is 9.94. The lowest BCUT2D eigenvalue weighted by Crippen LogP contribution is -2.38. The van der Waals surface area contributed by atoms with Gasteiger partial charge in [0.25, 0.3) is 5.91 Å². The minimum absolute atomic E-state index is 0.0516. The molecular weight excluding hydrogens is 380 g/mol. The Morgan fingerprint density at radius 3 is 2.83 bits per heavy atom. The number of thiazole rings is 1. The molecule has 6 heteroatoms. The van der Waals surface area contributed by atoms with Crippen molar-refractivity contribution in [2.45, 2.75) is 25.3 Å². The van der Waals surface area contributed by atoms with Crippen LogP contribution >= 0.6 is 11.3 Å². The van der Waals surface area contributed by atoms with Gasteiger partial charge in [0.05, 0.1) is 22.5 Å². The average Bonchev–Trinajstić information content (AvgIpc) is 3.39. The number of hydrogen-bond acceptors (Lipinski definition) is 4. The van der Waals surface area contributed by atoms with Gasteiger partial charge in [-0.25, -0.2) is 4.98 Å². The number of carbonyl (C=O) groups is 1. The van der Waals surface area contributed by atoms with Gasteiger partial charge in [0.2, 0.25) is 0 Å². The van der Waals surface area contributed by atoms with Crippen LogP contribution in [0.4, 0.5) is 0 Å². The van der Waals surface area contributed by atoms with Gasteiger partial charge in [-0.2, -0.15) is 5.10 Å². The number of para-hydroxylation sites is 1. The van der Waals surface area contributed by atoms with Crippen molar-refractivity contribution < 1.29 is 4.79 Å². The van der Waals surface area contributed by atoms with E-state index in [0.29, 0.717) is 0 Å². The number of fused-ring (bicyclic) bond motifs is 1. The highest BCUT2D eigenvalue weighted by molar-refractivity contribution is 7.18. The molecule has 1 amide bonds. The molecule has 4 aromatic rings. The van der Waals surface area contributed by atoms with Crippen molar-refractivity contribution in [3.8, 4) is 11.1 Å². The minimum atomic E-state index is 0.0516. The summed E-state index contributed by atoms with van der Waals surface area (Å²) in [5, 5.41) is 5.29. The summed E-state index contributed by atoms with van der Waals surface area (Å²) in [6.07, 6.45) is 6.92. The summed E-state index contributed by atoms with van der Waals surface area (Å²) in [7, 11) is 1.90. The fourth-order valence-corrected chi connectivity index (χ4v) is 5.15. The molecule has 146 valence electrons. The van der Waals surface area contributed by atoms with Gasteiger partial charge in [-0.1, -0.05) is 24.3 Å². The van der Waals surface area contributed by atoms with Crippen molar-refractivity contribution in [3.05, 3.63) is 71.5 Å². The fraction of sp³-hybridized carbons (Fsp3) is 0.261. The van der Waals surface area contributed by atoms with Gasteiger partial charge in [0.1, 0.15) is 5.01 Å². The van der Waals surface area contributed by atoms with Gasteiger partial charge in [0.15, 0.2) is 0 Å². The van der Waals surface area contributed by atoms with Crippen molar-refractivity contribution >= 4 is 27.5 Å². The van der Waals surface area contributed by atoms with Crippen molar-refractivity contribution in [2.75, 3.05) is 6.54 Å². The summed E-state index contributed by atoms with van der Waals surface area (Å²) in [5.74, 6) is 0.0831. The maximum Gasteiger partial charge on any atom is 0.254 e. The second-order valence-electron chi connectivity index (χ2n) is 7.51. The van der Waals surface area contributed by atoms with Crippen LogP contribution in [-0.4, -0.2) is 32.1 Å². The first kappa shape index (κ1) is 18.1. The van der Waals surface area contributed by atoms with E-state index in [1.807, 2.05) is 66.8 Å². The number of benzene rings is 2. The Kier molecular flexibility index (Phi) is 4.64. The van der Waals surface area contributed by atoms with Crippen molar-refractivity contribution in [1.82, 2.24) is 19.7 Å². The zero-order valence-corrected chi connectivity index (χ0v) is 17.1. The van der Waals surface area contributed by atoms with Gasteiger partial charge in [0, 0.05) is 30.9 Å². The number of aryl methyl sites for hydroxylation is 1. The quantitative estimate of drug-likeness (QED) is 0.481. The number of amides is 1. The van der Waals surface area contributed by atoms with E-state index in [0.717, 1.165) is 53.0 Å². The molecule has 1 saturated heterocycles. The summed E-state index contributed by atoms with van der Waals surface area (Å²) in [6, 6.07) is 16.1. The molecule has 0 bridgehead atoms. The molecule has 0 spiro atoms. The number of piperidine rings is 1. The summed E-state index contributed by atoms with van der Waals surface area (Å²) in [6.45, 7) is 0.774. The topological polar surface area (TPSA) is 51.0 Å². The molecule has 29 heavy (non-hydrogen) atoms. The highest BCUT2D eigenvalue weighted by Gasteiger charge is 2.31. The van der Waals surface area contributed by atoms with Crippen LogP contribution in [0.3, 0.4) is 0 Å². The normalized spacial score (nSPS) is 17.0. The van der Waals surface area contributed by atoms with Gasteiger partial charge in [-0.05, 0) is 49.1 Å². The minimum Gasteiger partial charge on any atom is -0.329 e. The van der Waals surface area contributed by atoms with Crippen LogP contribution in [0.1, 0.15) is 40.7 Å². The van der Waals surface area contributed by atoms with E-state index in [1.54, 1.807) is 16.0 Å². The lowest BCUT2D eigenvalue weighted by atomic mass is 10.00. The molecule has 0 saturated carbocycles. The zero-order chi connectivity index (χ0) is 19.8. The second-order valence-corrected chi connectivity index (χ2v) is 8.58. The molecule has 0 radical (unpaired) electrons. The third-order valence-corrected chi connectivity index (χ3v) is 6.64. The van der Waals surface area contributed by atoms with Crippen molar-refractivity contribution in [3.63, 3.8) is 0 Å². The molecule has 1 atom stereocenters. The molecule has 5 rings (SSSR count). The largest absolute Gasteiger partial charge is 0.329 e. The Bertz CT molecular complexity index is 1150. The number of rotatable bonds is 3. The fourth-order valence-electron chi connectivity index (χ4n) is 4.03. The zero-order valence-electron chi connectivity index (χ0n) is 16.3. The summed E-state index contributed by atoms with van der Waals surface area (Å²) >= 11 is 1.71.